The van der Waals surface area contributed by atoms with Crippen LogP contribution in [0.5, 0.6) is 0 Å². The summed E-state index contributed by atoms with van der Waals surface area (Å²) in [5.74, 6) is -2.43. The van der Waals surface area contributed by atoms with Gasteiger partial charge in [0.15, 0.2) is 11.6 Å². The number of carbonyl (C=O) groups is 2. The quantitative estimate of drug-likeness (QED) is 0.887. The summed E-state index contributed by atoms with van der Waals surface area (Å²) in [4.78, 5) is 26.4. The van der Waals surface area contributed by atoms with Crippen molar-refractivity contribution >= 4 is 11.8 Å². The fraction of sp³-hybridized carbons (Fsp3) is 0.429. The molecule has 7 heteroatoms. The molecule has 1 saturated heterocycles. The summed E-state index contributed by atoms with van der Waals surface area (Å²) >= 11 is 0. The first-order chi connectivity index (χ1) is 9.93. The van der Waals surface area contributed by atoms with Gasteiger partial charge in [0.2, 0.25) is 11.8 Å². The van der Waals surface area contributed by atoms with Gasteiger partial charge in [-0.05, 0) is 13.0 Å². The number of amides is 2. The Morgan fingerprint density at radius 1 is 1.19 bits per heavy atom. The second kappa shape index (κ2) is 6.17. The smallest absolute Gasteiger partial charge is 0.242 e. The molecular formula is C14H17F2N3O2. The molecule has 0 aromatic heterocycles. The summed E-state index contributed by atoms with van der Waals surface area (Å²) in [6.45, 7) is 2.13. The molecule has 0 bridgehead atoms. The number of rotatable bonds is 4. The molecule has 1 aromatic rings. The molecular weight excluding hydrogens is 280 g/mol. The Labute approximate surface area is 121 Å². The number of hydrogen-bond donors (Lipinski definition) is 1. The molecule has 21 heavy (non-hydrogen) atoms. The van der Waals surface area contributed by atoms with Crippen molar-refractivity contribution in [1.82, 2.24) is 9.80 Å². The second-order valence-corrected chi connectivity index (χ2v) is 4.93. The van der Waals surface area contributed by atoms with Gasteiger partial charge in [-0.3, -0.25) is 9.59 Å². The fourth-order valence-corrected chi connectivity index (χ4v) is 2.30. The molecule has 5 nitrogen and oxygen atoms in total. The standard InChI is InChI=1S/C14H17F2N3O2/c1-2-18-7-13(21)19(8-12(18)20)6-11(17)9-4-3-5-10(15)14(9)16/h3-5,11H,2,6-8,17H2,1H3. The average molecular weight is 297 g/mol. The SMILES string of the molecule is CCN1CC(=O)N(CC(N)c2cccc(F)c2F)CC1=O. The van der Waals surface area contributed by atoms with Gasteiger partial charge in [0.1, 0.15) is 0 Å². The number of likely N-dealkylation sites (N-methyl/N-ethyl adjacent to an activating group) is 1. The number of carbonyl (C=O) groups excluding carboxylic acids is 2. The molecule has 1 unspecified atom stereocenters. The lowest BCUT2D eigenvalue weighted by molar-refractivity contribution is -0.150. The van der Waals surface area contributed by atoms with Crippen molar-refractivity contribution in [2.45, 2.75) is 13.0 Å². The zero-order valence-electron chi connectivity index (χ0n) is 11.7. The lowest BCUT2D eigenvalue weighted by atomic mass is 10.1. The van der Waals surface area contributed by atoms with E-state index in [-0.39, 0.29) is 37.0 Å². The molecule has 1 fully saturated rings. The van der Waals surface area contributed by atoms with E-state index in [0.29, 0.717) is 6.54 Å². The molecule has 2 amide bonds. The van der Waals surface area contributed by atoms with Gasteiger partial charge in [0.05, 0.1) is 19.1 Å². The average Bonchev–Trinajstić information content (AvgIpc) is 2.45. The van der Waals surface area contributed by atoms with Gasteiger partial charge in [-0.1, -0.05) is 12.1 Å². The zero-order valence-corrected chi connectivity index (χ0v) is 11.7. The number of hydrogen-bond acceptors (Lipinski definition) is 3. The molecule has 1 aliphatic rings. The normalized spacial score (nSPS) is 17.3. The van der Waals surface area contributed by atoms with Crippen molar-refractivity contribution in [2.24, 2.45) is 5.73 Å². The highest BCUT2D eigenvalue weighted by molar-refractivity contribution is 5.92. The number of piperazine rings is 1. The molecule has 114 valence electrons. The highest BCUT2D eigenvalue weighted by Crippen LogP contribution is 2.19. The zero-order chi connectivity index (χ0) is 15.6. The first-order valence-corrected chi connectivity index (χ1v) is 6.69. The van der Waals surface area contributed by atoms with Crippen LogP contribution in [0.4, 0.5) is 8.78 Å². The van der Waals surface area contributed by atoms with E-state index < -0.39 is 17.7 Å². The highest BCUT2D eigenvalue weighted by atomic mass is 19.2. The number of benzene rings is 1. The van der Waals surface area contributed by atoms with Gasteiger partial charge < -0.3 is 15.5 Å². The molecule has 1 aromatic carbocycles. The Morgan fingerprint density at radius 2 is 1.81 bits per heavy atom. The topological polar surface area (TPSA) is 66.6 Å². The molecule has 2 rings (SSSR count). The van der Waals surface area contributed by atoms with Gasteiger partial charge >= 0.3 is 0 Å². The Morgan fingerprint density at radius 3 is 2.48 bits per heavy atom. The van der Waals surface area contributed by atoms with Crippen molar-refractivity contribution in [2.75, 3.05) is 26.2 Å². The molecule has 1 atom stereocenters. The van der Waals surface area contributed by atoms with E-state index in [1.807, 2.05) is 0 Å². The highest BCUT2D eigenvalue weighted by Gasteiger charge is 2.30. The van der Waals surface area contributed by atoms with Crippen LogP contribution in [0.2, 0.25) is 0 Å². The van der Waals surface area contributed by atoms with Gasteiger partial charge in [-0.25, -0.2) is 8.78 Å². The van der Waals surface area contributed by atoms with Crippen molar-refractivity contribution in [3.05, 3.63) is 35.4 Å². The van der Waals surface area contributed by atoms with Gasteiger partial charge in [0, 0.05) is 18.7 Å². The summed E-state index contributed by atoms with van der Waals surface area (Å²) in [5, 5.41) is 0. The van der Waals surface area contributed by atoms with E-state index >= 15 is 0 Å². The van der Waals surface area contributed by atoms with Crippen molar-refractivity contribution in [1.29, 1.82) is 0 Å². The minimum atomic E-state index is -1.02. The molecule has 0 saturated carbocycles. The largest absolute Gasteiger partial charge is 0.332 e. The minimum Gasteiger partial charge on any atom is -0.332 e. The van der Waals surface area contributed by atoms with Crippen LogP contribution in [0.25, 0.3) is 0 Å². The van der Waals surface area contributed by atoms with Crippen LogP contribution in [-0.2, 0) is 9.59 Å². The van der Waals surface area contributed by atoms with E-state index in [1.54, 1.807) is 6.92 Å². The third-order valence-corrected chi connectivity index (χ3v) is 3.54. The Kier molecular flexibility index (Phi) is 4.52. The van der Waals surface area contributed by atoms with Crippen molar-refractivity contribution in [3.8, 4) is 0 Å². The fourth-order valence-electron chi connectivity index (χ4n) is 2.30. The molecule has 0 aliphatic carbocycles. The summed E-state index contributed by atoms with van der Waals surface area (Å²) in [7, 11) is 0. The Bertz CT molecular complexity index is 565. The van der Waals surface area contributed by atoms with Crippen molar-refractivity contribution in [3.63, 3.8) is 0 Å². The maximum absolute atomic E-state index is 13.7. The van der Waals surface area contributed by atoms with Crippen LogP contribution in [0.1, 0.15) is 18.5 Å². The van der Waals surface area contributed by atoms with Gasteiger partial charge in [-0.15, -0.1) is 0 Å². The minimum absolute atomic E-state index is 0.00626. The van der Waals surface area contributed by atoms with Gasteiger partial charge in [-0.2, -0.15) is 0 Å². The first-order valence-electron chi connectivity index (χ1n) is 6.69. The maximum atomic E-state index is 13.7. The molecule has 1 heterocycles. The Balaban J connectivity index is 2.09. The predicted molar refractivity (Wildman–Crippen MR) is 72.1 cm³/mol. The van der Waals surface area contributed by atoms with Crippen LogP contribution < -0.4 is 5.73 Å². The summed E-state index contributed by atoms with van der Waals surface area (Å²) in [6.07, 6.45) is 0. The van der Waals surface area contributed by atoms with E-state index in [0.717, 1.165) is 6.07 Å². The van der Waals surface area contributed by atoms with Crippen LogP contribution in [0.15, 0.2) is 18.2 Å². The molecule has 2 N–H and O–H groups in total. The monoisotopic (exact) mass is 297 g/mol. The number of halogens is 2. The van der Waals surface area contributed by atoms with E-state index in [4.69, 9.17) is 5.73 Å². The van der Waals surface area contributed by atoms with Crippen LogP contribution in [0.3, 0.4) is 0 Å². The summed E-state index contributed by atoms with van der Waals surface area (Å²) in [6, 6.07) is 2.85. The predicted octanol–water partition coefficient (Wildman–Crippen LogP) is 0.655. The van der Waals surface area contributed by atoms with Crippen LogP contribution >= 0.6 is 0 Å². The summed E-state index contributed by atoms with van der Waals surface area (Å²) in [5.41, 5.74) is 5.84. The van der Waals surface area contributed by atoms with E-state index in [9.17, 15) is 18.4 Å². The third-order valence-electron chi connectivity index (χ3n) is 3.54. The molecule has 1 aliphatic heterocycles. The van der Waals surface area contributed by atoms with Crippen LogP contribution in [0, 0.1) is 11.6 Å². The lowest BCUT2D eigenvalue weighted by Gasteiger charge is -2.34. The third kappa shape index (κ3) is 3.18. The van der Waals surface area contributed by atoms with E-state index in [2.05, 4.69) is 0 Å². The molecule has 0 radical (unpaired) electrons. The summed E-state index contributed by atoms with van der Waals surface area (Å²) < 4.78 is 26.8. The van der Waals surface area contributed by atoms with Gasteiger partial charge in [0.25, 0.3) is 0 Å². The number of nitrogens with zero attached hydrogens (tertiary/aromatic N) is 2. The first kappa shape index (κ1) is 15.4. The lowest BCUT2D eigenvalue weighted by Crippen LogP contribution is -2.54. The van der Waals surface area contributed by atoms with E-state index in [1.165, 1.54) is 21.9 Å². The number of nitrogens with two attached hydrogens (primary N) is 1. The Hall–Kier alpha value is -2.02. The van der Waals surface area contributed by atoms with Crippen LogP contribution in [-0.4, -0.2) is 47.8 Å². The van der Waals surface area contributed by atoms with Crippen molar-refractivity contribution < 1.29 is 18.4 Å². The second-order valence-electron chi connectivity index (χ2n) is 4.93. The molecule has 0 spiro atoms. The maximum Gasteiger partial charge on any atom is 0.242 e.